The molecule has 1 aliphatic rings. The summed E-state index contributed by atoms with van der Waals surface area (Å²) in [4.78, 5) is 0. The predicted molar refractivity (Wildman–Crippen MR) is 77.5 cm³/mol. The second-order valence-corrected chi connectivity index (χ2v) is 8.24. The zero-order valence-corrected chi connectivity index (χ0v) is 13.3. The van der Waals surface area contributed by atoms with Gasteiger partial charge < -0.3 is 0 Å². The van der Waals surface area contributed by atoms with E-state index in [0.29, 0.717) is 11.5 Å². The van der Waals surface area contributed by atoms with Gasteiger partial charge in [0.25, 0.3) is 0 Å². The molecule has 1 rings (SSSR count). The molecular weight excluding hydrogens is 300 g/mol. The van der Waals surface area contributed by atoms with Crippen molar-refractivity contribution in [1.29, 1.82) is 0 Å². The smallest absolute Gasteiger partial charge is 0.150 e. The van der Waals surface area contributed by atoms with E-state index < -0.39 is 9.84 Å². The largest absolute Gasteiger partial charge is 0.229 e. The van der Waals surface area contributed by atoms with Gasteiger partial charge in [-0.2, -0.15) is 0 Å². The topological polar surface area (TPSA) is 34.1 Å². The third-order valence-electron chi connectivity index (χ3n) is 3.78. The van der Waals surface area contributed by atoms with E-state index in [-0.39, 0.29) is 5.41 Å². The second kappa shape index (κ2) is 7.13. The van der Waals surface area contributed by atoms with Gasteiger partial charge >= 0.3 is 0 Å². The van der Waals surface area contributed by atoms with Crippen LogP contribution in [0.5, 0.6) is 0 Å². The van der Waals surface area contributed by atoms with Crippen LogP contribution >= 0.6 is 15.9 Å². The second-order valence-electron chi connectivity index (χ2n) is 5.49. The summed E-state index contributed by atoms with van der Waals surface area (Å²) in [7, 11) is -2.86. The standard InChI is InChI=1S/C13H25BrO2S/c1-2-3-10-17(15,16)12-13(11-14)8-6-4-5-7-9-13/h2-12H2,1H3. The van der Waals surface area contributed by atoms with Crippen molar-refractivity contribution in [2.24, 2.45) is 5.41 Å². The van der Waals surface area contributed by atoms with E-state index in [0.717, 1.165) is 31.0 Å². The van der Waals surface area contributed by atoms with Crippen molar-refractivity contribution in [3.05, 3.63) is 0 Å². The molecule has 0 saturated heterocycles. The van der Waals surface area contributed by atoms with Crippen molar-refractivity contribution >= 4 is 25.8 Å². The maximum absolute atomic E-state index is 12.1. The molecule has 0 amide bonds. The average molecular weight is 325 g/mol. The average Bonchev–Trinajstić information content (AvgIpc) is 2.52. The first-order chi connectivity index (χ1) is 8.04. The van der Waals surface area contributed by atoms with Crippen LogP contribution in [0.15, 0.2) is 0 Å². The maximum atomic E-state index is 12.1. The van der Waals surface area contributed by atoms with Gasteiger partial charge in [0.05, 0.1) is 11.5 Å². The SMILES string of the molecule is CCCCS(=O)(=O)CC1(CBr)CCCCCC1. The van der Waals surface area contributed by atoms with Crippen LogP contribution in [-0.4, -0.2) is 25.3 Å². The minimum atomic E-state index is -2.86. The number of halogens is 1. The Morgan fingerprint density at radius 3 is 2.18 bits per heavy atom. The van der Waals surface area contributed by atoms with Gasteiger partial charge in [0.2, 0.25) is 0 Å². The lowest BCUT2D eigenvalue weighted by Gasteiger charge is -2.30. The quantitative estimate of drug-likeness (QED) is 0.548. The van der Waals surface area contributed by atoms with Crippen LogP contribution in [0, 0.1) is 5.41 Å². The van der Waals surface area contributed by atoms with E-state index in [4.69, 9.17) is 0 Å². The van der Waals surface area contributed by atoms with Gasteiger partial charge in [0.1, 0.15) is 0 Å². The first-order valence-electron chi connectivity index (χ1n) is 6.80. The van der Waals surface area contributed by atoms with Crippen molar-refractivity contribution in [2.45, 2.75) is 58.3 Å². The van der Waals surface area contributed by atoms with Crippen LogP contribution in [0.2, 0.25) is 0 Å². The lowest BCUT2D eigenvalue weighted by Crippen LogP contribution is -2.32. The summed E-state index contributed by atoms with van der Waals surface area (Å²) in [5.41, 5.74) is 0.0169. The zero-order valence-electron chi connectivity index (χ0n) is 10.9. The zero-order chi connectivity index (χ0) is 12.8. The van der Waals surface area contributed by atoms with Crippen LogP contribution in [-0.2, 0) is 9.84 Å². The molecule has 0 spiro atoms. The molecule has 17 heavy (non-hydrogen) atoms. The van der Waals surface area contributed by atoms with E-state index in [1.165, 1.54) is 25.7 Å². The van der Waals surface area contributed by atoms with Crippen molar-refractivity contribution in [1.82, 2.24) is 0 Å². The Kier molecular flexibility index (Phi) is 6.49. The minimum Gasteiger partial charge on any atom is -0.229 e. The summed E-state index contributed by atoms with van der Waals surface area (Å²) in [6.45, 7) is 2.04. The van der Waals surface area contributed by atoms with Crippen LogP contribution in [0.4, 0.5) is 0 Å². The van der Waals surface area contributed by atoms with E-state index in [1.54, 1.807) is 0 Å². The highest BCUT2D eigenvalue weighted by Gasteiger charge is 2.34. The molecule has 0 radical (unpaired) electrons. The summed E-state index contributed by atoms with van der Waals surface area (Å²) < 4.78 is 24.2. The van der Waals surface area contributed by atoms with Crippen LogP contribution in [0.25, 0.3) is 0 Å². The molecule has 0 bridgehead atoms. The van der Waals surface area contributed by atoms with E-state index in [1.807, 2.05) is 6.92 Å². The fourth-order valence-corrected chi connectivity index (χ4v) is 5.92. The molecule has 2 nitrogen and oxygen atoms in total. The van der Waals surface area contributed by atoms with Crippen molar-refractivity contribution in [3.63, 3.8) is 0 Å². The van der Waals surface area contributed by atoms with Crippen LogP contribution in [0.3, 0.4) is 0 Å². The van der Waals surface area contributed by atoms with Crippen molar-refractivity contribution in [2.75, 3.05) is 16.8 Å². The molecule has 102 valence electrons. The Hall–Kier alpha value is 0.430. The molecule has 1 saturated carbocycles. The molecule has 4 heteroatoms. The molecular formula is C13H25BrO2S. The third-order valence-corrected chi connectivity index (χ3v) is 6.94. The Bertz CT molecular complexity index is 303. The number of sulfone groups is 1. The lowest BCUT2D eigenvalue weighted by molar-refractivity contribution is 0.327. The van der Waals surface area contributed by atoms with Gasteiger partial charge in [0, 0.05) is 5.33 Å². The van der Waals surface area contributed by atoms with Gasteiger partial charge in [-0.15, -0.1) is 0 Å². The first kappa shape index (κ1) is 15.5. The first-order valence-corrected chi connectivity index (χ1v) is 9.74. The van der Waals surface area contributed by atoms with Gasteiger partial charge in [-0.3, -0.25) is 0 Å². The Balaban J connectivity index is 2.66. The van der Waals surface area contributed by atoms with Crippen LogP contribution in [0.1, 0.15) is 58.3 Å². The Labute approximate surface area is 115 Å². The number of alkyl halides is 1. The summed E-state index contributed by atoms with van der Waals surface area (Å²) in [6, 6.07) is 0. The normalized spacial score (nSPS) is 21.1. The molecule has 0 unspecified atom stereocenters. The number of hydrogen-bond acceptors (Lipinski definition) is 2. The monoisotopic (exact) mass is 324 g/mol. The number of hydrogen-bond donors (Lipinski definition) is 0. The van der Waals surface area contributed by atoms with Gasteiger partial charge in [0.15, 0.2) is 9.84 Å². The van der Waals surface area contributed by atoms with E-state index >= 15 is 0 Å². The Morgan fingerprint density at radius 1 is 1.12 bits per heavy atom. The summed E-state index contributed by atoms with van der Waals surface area (Å²) in [6.07, 6.45) is 8.83. The molecule has 0 heterocycles. The van der Waals surface area contributed by atoms with Crippen molar-refractivity contribution in [3.8, 4) is 0 Å². The summed E-state index contributed by atoms with van der Waals surface area (Å²) in [5.74, 6) is 0.767. The summed E-state index contributed by atoms with van der Waals surface area (Å²) >= 11 is 3.56. The molecule has 1 fully saturated rings. The number of rotatable bonds is 6. The van der Waals surface area contributed by atoms with Crippen molar-refractivity contribution < 1.29 is 8.42 Å². The van der Waals surface area contributed by atoms with Gasteiger partial charge in [-0.25, -0.2) is 8.42 Å². The molecule has 0 aromatic rings. The molecule has 0 aromatic heterocycles. The fraction of sp³-hybridized carbons (Fsp3) is 1.00. The molecule has 0 N–H and O–H groups in total. The molecule has 1 aliphatic carbocycles. The fourth-order valence-electron chi connectivity index (χ4n) is 2.70. The van der Waals surface area contributed by atoms with Gasteiger partial charge in [-0.05, 0) is 24.7 Å². The van der Waals surface area contributed by atoms with Gasteiger partial charge in [-0.1, -0.05) is 55.0 Å². The number of unbranched alkanes of at least 4 members (excludes halogenated alkanes) is 1. The lowest BCUT2D eigenvalue weighted by atomic mass is 9.85. The predicted octanol–water partition coefficient (Wildman–Crippen LogP) is 3.94. The minimum absolute atomic E-state index is 0.0169. The maximum Gasteiger partial charge on any atom is 0.150 e. The summed E-state index contributed by atoms with van der Waals surface area (Å²) in [5, 5.41) is 0.839. The Morgan fingerprint density at radius 2 is 1.71 bits per heavy atom. The third kappa shape index (κ3) is 5.29. The van der Waals surface area contributed by atoms with E-state index in [2.05, 4.69) is 15.9 Å². The highest BCUT2D eigenvalue weighted by atomic mass is 79.9. The molecule has 0 aliphatic heterocycles. The molecule has 0 atom stereocenters. The van der Waals surface area contributed by atoms with Crippen LogP contribution < -0.4 is 0 Å². The molecule has 0 aromatic carbocycles. The van der Waals surface area contributed by atoms with E-state index in [9.17, 15) is 8.42 Å². The highest BCUT2D eigenvalue weighted by Crippen LogP contribution is 2.38. The highest BCUT2D eigenvalue weighted by molar-refractivity contribution is 9.09.